The van der Waals surface area contributed by atoms with Crippen molar-refractivity contribution in [3.05, 3.63) is 47.8 Å². The second kappa shape index (κ2) is 6.10. The number of nitrogens with zero attached hydrogens (tertiary/aromatic N) is 2. The summed E-state index contributed by atoms with van der Waals surface area (Å²) in [5.74, 6) is -1.45. The van der Waals surface area contributed by atoms with Gasteiger partial charge in [0.1, 0.15) is 16.5 Å². The summed E-state index contributed by atoms with van der Waals surface area (Å²) in [6.45, 7) is -0.0183. The lowest BCUT2D eigenvalue weighted by Crippen LogP contribution is -2.26. The van der Waals surface area contributed by atoms with Gasteiger partial charge in [-0.25, -0.2) is 31.9 Å². The van der Waals surface area contributed by atoms with Gasteiger partial charge in [0, 0.05) is 12.6 Å². The molecule has 0 saturated carbocycles. The van der Waals surface area contributed by atoms with Crippen molar-refractivity contribution < 1.29 is 17.2 Å². The summed E-state index contributed by atoms with van der Waals surface area (Å²) in [6.07, 6.45) is 2.29. The minimum atomic E-state index is -3.79. The quantitative estimate of drug-likeness (QED) is 0.853. The number of hydrogen-bond donors (Lipinski definition) is 2. The number of sulfonamides is 1. The van der Waals surface area contributed by atoms with Crippen molar-refractivity contribution in [1.29, 1.82) is 0 Å². The second-order valence-electron chi connectivity index (χ2n) is 4.20. The number of hydrogen-bond acceptors (Lipinski definition) is 5. The molecule has 0 unspecified atom stereocenters. The van der Waals surface area contributed by atoms with Gasteiger partial charge in [-0.05, 0) is 24.1 Å². The van der Waals surface area contributed by atoms with Crippen molar-refractivity contribution >= 4 is 16.0 Å². The Morgan fingerprint density at radius 2 is 1.67 bits per heavy atom. The van der Waals surface area contributed by atoms with Crippen LogP contribution in [0.4, 0.5) is 14.7 Å². The highest BCUT2D eigenvalue weighted by molar-refractivity contribution is 7.89. The molecule has 1 aromatic carbocycles. The van der Waals surface area contributed by atoms with Crippen LogP contribution >= 0.6 is 0 Å². The molecule has 6 nitrogen and oxygen atoms in total. The van der Waals surface area contributed by atoms with Crippen molar-refractivity contribution in [3.8, 4) is 0 Å². The number of nitrogen functional groups attached to an aromatic ring is 1. The van der Waals surface area contributed by atoms with E-state index in [2.05, 4.69) is 14.7 Å². The first-order valence-electron chi connectivity index (χ1n) is 5.89. The smallest absolute Gasteiger partial charge is 0.243 e. The van der Waals surface area contributed by atoms with Crippen LogP contribution < -0.4 is 10.5 Å². The number of rotatable bonds is 5. The standard InChI is InChI=1S/C12H12F2N4O2S/c13-9-3-8(4-10(14)5-9)1-2-18-21(19,20)11-6-16-12(15)17-7-11/h3-7,18H,1-2H2,(H2,15,16,17). The number of nitrogens with two attached hydrogens (primary N) is 1. The Kier molecular flexibility index (Phi) is 4.43. The van der Waals surface area contributed by atoms with Crippen molar-refractivity contribution in [2.75, 3.05) is 12.3 Å². The zero-order chi connectivity index (χ0) is 15.5. The summed E-state index contributed by atoms with van der Waals surface area (Å²) in [6, 6.07) is 3.03. The molecule has 0 saturated heterocycles. The maximum Gasteiger partial charge on any atom is 0.243 e. The van der Waals surface area contributed by atoms with E-state index >= 15 is 0 Å². The Morgan fingerprint density at radius 1 is 1.10 bits per heavy atom. The van der Waals surface area contributed by atoms with Gasteiger partial charge in [-0.1, -0.05) is 0 Å². The minimum absolute atomic E-state index is 0.0183. The third-order valence-corrected chi connectivity index (χ3v) is 4.00. The molecule has 0 bridgehead atoms. The zero-order valence-corrected chi connectivity index (χ0v) is 11.6. The average Bonchev–Trinajstić information content (AvgIpc) is 2.37. The molecule has 0 fully saturated rings. The fraction of sp³-hybridized carbons (Fsp3) is 0.167. The molecular weight excluding hydrogens is 302 g/mol. The fourth-order valence-electron chi connectivity index (χ4n) is 1.63. The van der Waals surface area contributed by atoms with Gasteiger partial charge in [0.25, 0.3) is 0 Å². The highest BCUT2D eigenvalue weighted by Crippen LogP contribution is 2.09. The van der Waals surface area contributed by atoms with Crippen LogP contribution in [0.25, 0.3) is 0 Å². The lowest BCUT2D eigenvalue weighted by Gasteiger charge is -2.06. The zero-order valence-electron chi connectivity index (χ0n) is 10.8. The second-order valence-corrected chi connectivity index (χ2v) is 5.97. The van der Waals surface area contributed by atoms with Crippen LogP contribution in [0.2, 0.25) is 0 Å². The molecule has 0 spiro atoms. The molecule has 2 rings (SSSR count). The third kappa shape index (κ3) is 4.17. The topological polar surface area (TPSA) is 98.0 Å². The summed E-state index contributed by atoms with van der Waals surface area (Å²) in [4.78, 5) is 7.03. The molecular formula is C12H12F2N4O2S. The highest BCUT2D eigenvalue weighted by atomic mass is 32.2. The van der Waals surface area contributed by atoms with Crippen LogP contribution in [0, 0.1) is 11.6 Å². The van der Waals surface area contributed by atoms with Gasteiger partial charge in [0.2, 0.25) is 16.0 Å². The maximum atomic E-state index is 13.0. The maximum absolute atomic E-state index is 13.0. The van der Waals surface area contributed by atoms with Gasteiger partial charge < -0.3 is 5.73 Å². The van der Waals surface area contributed by atoms with E-state index in [1.54, 1.807) is 0 Å². The van der Waals surface area contributed by atoms with Crippen LogP contribution in [-0.2, 0) is 16.4 Å². The first-order valence-corrected chi connectivity index (χ1v) is 7.37. The van der Waals surface area contributed by atoms with Crippen LogP contribution in [0.3, 0.4) is 0 Å². The Hall–Kier alpha value is -2.13. The van der Waals surface area contributed by atoms with E-state index < -0.39 is 21.7 Å². The van der Waals surface area contributed by atoms with Crippen molar-refractivity contribution in [2.24, 2.45) is 0 Å². The normalized spacial score (nSPS) is 11.5. The number of aromatic nitrogens is 2. The molecule has 1 heterocycles. The Bertz CT molecular complexity index is 715. The largest absolute Gasteiger partial charge is 0.368 e. The number of nitrogens with one attached hydrogen (secondary N) is 1. The first kappa shape index (κ1) is 15.3. The van der Waals surface area contributed by atoms with E-state index in [4.69, 9.17) is 5.73 Å². The molecule has 1 aromatic heterocycles. The molecule has 112 valence electrons. The van der Waals surface area contributed by atoms with Crippen LogP contribution in [0.15, 0.2) is 35.5 Å². The van der Waals surface area contributed by atoms with Gasteiger partial charge in [-0.15, -0.1) is 0 Å². The Labute approximate surface area is 120 Å². The molecule has 21 heavy (non-hydrogen) atoms. The van der Waals surface area contributed by atoms with E-state index in [0.717, 1.165) is 30.6 Å². The predicted octanol–water partition coefficient (Wildman–Crippen LogP) is 0.858. The number of anilines is 1. The first-order chi connectivity index (χ1) is 9.87. The predicted molar refractivity (Wildman–Crippen MR) is 71.7 cm³/mol. The Balaban J connectivity index is 2.00. The van der Waals surface area contributed by atoms with Gasteiger partial charge in [0.05, 0.1) is 12.4 Å². The van der Waals surface area contributed by atoms with E-state index in [1.807, 2.05) is 0 Å². The molecule has 0 atom stereocenters. The summed E-state index contributed by atoms with van der Waals surface area (Å²) in [5, 5.41) is 0. The summed E-state index contributed by atoms with van der Waals surface area (Å²) in [5.41, 5.74) is 5.62. The van der Waals surface area contributed by atoms with E-state index in [1.165, 1.54) is 0 Å². The van der Waals surface area contributed by atoms with Gasteiger partial charge >= 0.3 is 0 Å². The SMILES string of the molecule is Nc1ncc(S(=O)(=O)NCCc2cc(F)cc(F)c2)cn1. The van der Waals surface area contributed by atoms with Crippen molar-refractivity contribution in [3.63, 3.8) is 0 Å². The number of benzene rings is 1. The molecule has 0 radical (unpaired) electrons. The minimum Gasteiger partial charge on any atom is -0.368 e. The molecule has 9 heteroatoms. The monoisotopic (exact) mass is 314 g/mol. The van der Waals surface area contributed by atoms with Gasteiger partial charge in [-0.2, -0.15) is 0 Å². The molecule has 2 aromatic rings. The highest BCUT2D eigenvalue weighted by Gasteiger charge is 2.14. The van der Waals surface area contributed by atoms with E-state index in [9.17, 15) is 17.2 Å². The summed E-state index contributed by atoms with van der Waals surface area (Å²) < 4.78 is 52.0. The van der Waals surface area contributed by atoms with Crippen molar-refractivity contribution in [1.82, 2.24) is 14.7 Å². The summed E-state index contributed by atoms with van der Waals surface area (Å²) >= 11 is 0. The number of halogens is 2. The van der Waals surface area contributed by atoms with Crippen LogP contribution in [-0.4, -0.2) is 24.9 Å². The average molecular weight is 314 g/mol. The lowest BCUT2D eigenvalue weighted by atomic mass is 10.1. The molecule has 0 amide bonds. The fourth-order valence-corrected chi connectivity index (χ4v) is 2.55. The molecule has 0 aliphatic heterocycles. The van der Waals surface area contributed by atoms with Gasteiger partial charge in [0.15, 0.2) is 0 Å². The van der Waals surface area contributed by atoms with Crippen LogP contribution in [0.1, 0.15) is 5.56 Å². The lowest BCUT2D eigenvalue weighted by molar-refractivity contribution is 0.576. The molecule has 3 N–H and O–H groups in total. The Morgan fingerprint density at radius 3 is 2.24 bits per heavy atom. The van der Waals surface area contributed by atoms with E-state index in [0.29, 0.717) is 5.56 Å². The molecule has 0 aliphatic carbocycles. The van der Waals surface area contributed by atoms with Crippen molar-refractivity contribution in [2.45, 2.75) is 11.3 Å². The third-order valence-electron chi connectivity index (χ3n) is 2.59. The van der Waals surface area contributed by atoms with E-state index in [-0.39, 0.29) is 23.8 Å². The summed E-state index contributed by atoms with van der Waals surface area (Å²) in [7, 11) is -3.79. The molecule has 0 aliphatic rings. The van der Waals surface area contributed by atoms with Gasteiger partial charge in [-0.3, -0.25) is 0 Å². The van der Waals surface area contributed by atoms with Crippen LogP contribution in [0.5, 0.6) is 0 Å².